The van der Waals surface area contributed by atoms with Crippen molar-refractivity contribution >= 4 is 11.5 Å². The van der Waals surface area contributed by atoms with Crippen molar-refractivity contribution < 1.29 is 24.1 Å². The molecular weight excluding hydrogens is 440 g/mol. The maximum Gasteiger partial charge on any atom is 0.333 e. The van der Waals surface area contributed by atoms with Crippen LogP contribution in [-0.4, -0.2) is 37.0 Å². The molecule has 0 aliphatic heterocycles. The Morgan fingerprint density at radius 2 is 1.60 bits per heavy atom. The molecule has 182 valence electrons. The van der Waals surface area contributed by atoms with Crippen LogP contribution in [0.2, 0.25) is 0 Å². The first-order valence-corrected chi connectivity index (χ1v) is 12.2. The minimum atomic E-state index is -0.949. The Labute approximate surface area is 207 Å². The maximum absolute atomic E-state index is 11.3. The fourth-order valence-corrected chi connectivity index (χ4v) is 4.30. The minimum Gasteiger partial charge on any atom is -0.494 e. The number of hydrogen-bond acceptors (Lipinski definition) is 4. The summed E-state index contributed by atoms with van der Waals surface area (Å²) in [7, 11) is 0. The summed E-state index contributed by atoms with van der Waals surface area (Å²) in [6.07, 6.45) is 3.74. The van der Waals surface area contributed by atoms with Crippen LogP contribution < -0.4 is 9.47 Å². The van der Waals surface area contributed by atoms with E-state index in [-0.39, 0.29) is 0 Å². The second kappa shape index (κ2) is 11.7. The number of rotatable bonds is 12. The van der Waals surface area contributed by atoms with Crippen molar-refractivity contribution in [1.29, 1.82) is 0 Å². The van der Waals surface area contributed by atoms with Gasteiger partial charge in [-0.05, 0) is 77.1 Å². The number of carboxylic acids is 1. The Balaban J connectivity index is 1.47. The fraction of sp³-hybridized carbons (Fsp3) is 0.300. The molecule has 1 aliphatic carbocycles. The molecule has 0 spiro atoms. The summed E-state index contributed by atoms with van der Waals surface area (Å²) in [5.41, 5.74) is 6.83. The van der Waals surface area contributed by atoms with E-state index >= 15 is 0 Å². The van der Waals surface area contributed by atoms with Crippen molar-refractivity contribution in [2.24, 2.45) is 0 Å². The molecule has 1 unspecified atom stereocenters. The molecule has 0 amide bonds. The van der Waals surface area contributed by atoms with Gasteiger partial charge in [-0.3, -0.25) is 0 Å². The quantitative estimate of drug-likeness (QED) is 0.242. The standard InChI is InChI=1S/C30H32O5/c1-3-5-17-34-23-14-15-26-24-8-6-7-9-25(24)27(28(26)20-23)16-18-35-22-12-10-21(11-13-22)19-29(30(31)32)33-4-2/h6-16,20,29H,3-5,17-19H2,1-2H3,(H,31,32)/b27-16-. The molecule has 0 aromatic heterocycles. The molecule has 0 fully saturated rings. The Morgan fingerprint density at radius 1 is 0.886 bits per heavy atom. The number of carbonyl (C=O) groups is 1. The summed E-state index contributed by atoms with van der Waals surface area (Å²) in [4.78, 5) is 11.3. The van der Waals surface area contributed by atoms with Gasteiger partial charge >= 0.3 is 5.97 Å². The molecule has 0 heterocycles. The van der Waals surface area contributed by atoms with Gasteiger partial charge in [0.15, 0.2) is 6.10 Å². The lowest BCUT2D eigenvalue weighted by Gasteiger charge is -2.13. The summed E-state index contributed by atoms with van der Waals surface area (Å²) in [5.74, 6) is 0.672. The first-order chi connectivity index (χ1) is 17.1. The molecule has 0 radical (unpaired) electrons. The Kier molecular flexibility index (Phi) is 8.22. The number of hydrogen-bond donors (Lipinski definition) is 1. The summed E-state index contributed by atoms with van der Waals surface area (Å²) in [5, 5.41) is 9.29. The number of unbranched alkanes of at least 4 members (excludes halogenated alkanes) is 1. The first kappa shape index (κ1) is 24.6. The van der Waals surface area contributed by atoms with Gasteiger partial charge in [-0.15, -0.1) is 0 Å². The van der Waals surface area contributed by atoms with E-state index in [1.165, 1.54) is 16.7 Å². The van der Waals surface area contributed by atoms with Crippen molar-refractivity contribution in [3.63, 3.8) is 0 Å². The molecule has 0 saturated carbocycles. The smallest absolute Gasteiger partial charge is 0.333 e. The van der Waals surface area contributed by atoms with E-state index in [9.17, 15) is 9.90 Å². The van der Waals surface area contributed by atoms with Gasteiger partial charge in [0.25, 0.3) is 0 Å². The predicted octanol–water partition coefficient (Wildman–Crippen LogP) is 6.39. The number of fused-ring (bicyclic) bond motifs is 3. The summed E-state index contributed by atoms with van der Waals surface area (Å²) >= 11 is 0. The molecule has 1 atom stereocenters. The highest BCUT2D eigenvalue weighted by Crippen LogP contribution is 2.45. The highest BCUT2D eigenvalue weighted by molar-refractivity contribution is 6.01. The second-order valence-corrected chi connectivity index (χ2v) is 8.51. The summed E-state index contributed by atoms with van der Waals surface area (Å²) in [6, 6.07) is 22.2. The SMILES string of the molecule is CCCCOc1ccc2c(c1)/C(=C\COc1ccc(CC(OCC)C(=O)O)cc1)c1ccccc1-2. The normalized spacial score (nSPS) is 13.8. The van der Waals surface area contributed by atoms with Crippen LogP contribution in [0.5, 0.6) is 11.5 Å². The lowest BCUT2D eigenvalue weighted by molar-refractivity contribution is -0.149. The van der Waals surface area contributed by atoms with E-state index in [2.05, 4.69) is 49.4 Å². The highest BCUT2D eigenvalue weighted by atomic mass is 16.5. The van der Waals surface area contributed by atoms with Crippen LogP contribution in [0.25, 0.3) is 16.7 Å². The van der Waals surface area contributed by atoms with Crippen LogP contribution in [0.4, 0.5) is 0 Å². The zero-order valence-corrected chi connectivity index (χ0v) is 20.3. The van der Waals surface area contributed by atoms with E-state index in [0.29, 0.717) is 19.6 Å². The molecule has 1 aliphatic rings. The monoisotopic (exact) mass is 472 g/mol. The van der Waals surface area contributed by atoms with Crippen molar-refractivity contribution in [2.75, 3.05) is 19.8 Å². The molecule has 0 bridgehead atoms. The van der Waals surface area contributed by atoms with Gasteiger partial charge in [0, 0.05) is 13.0 Å². The lowest BCUT2D eigenvalue weighted by Crippen LogP contribution is -2.26. The number of aliphatic carboxylic acids is 1. The van der Waals surface area contributed by atoms with E-state index in [1.807, 2.05) is 30.3 Å². The van der Waals surface area contributed by atoms with Gasteiger partial charge in [-0.2, -0.15) is 0 Å². The minimum absolute atomic E-state index is 0.323. The van der Waals surface area contributed by atoms with Gasteiger partial charge in [-0.1, -0.05) is 55.8 Å². The van der Waals surface area contributed by atoms with Crippen LogP contribution in [0.3, 0.4) is 0 Å². The Hall–Kier alpha value is -3.57. The average Bonchev–Trinajstić information content (AvgIpc) is 3.18. The van der Waals surface area contributed by atoms with Gasteiger partial charge in [0.1, 0.15) is 18.1 Å². The van der Waals surface area contributed by atoms with E-state index in [1.54, 1.807) is 6.92 Å². The van der Waals surface area contributed by atoms with Gasteiger partial charge < -0.3 is 19.3 Å². The number of ether oxygens (including phenoxy) is 3. The zero-order valence-electron chi connectivity index (χ0n) is 20.3. The summed E-state index contributed by atoms with van der Waals surface area (Å²) in [6.45, 7) is 5.46. The molecule has 35 heavy (non-hydrogen) atoms. The molecule has 0 saturated heterocycles. The Morgan fingerprint density at radius 3 is 2.31 bits per heavy atom. The second-order valence-electron chi connectivity index (χ2n) is 8.51. The fourth-order valence-electron chi connectivity index (χ4n) is 4.30. The number of benzene rings is 3. The van der Waals surface area contributed by atoms with E-state index in [0.717, 1.165) is 47.6 Å². The summed E-state index contributed by atoms with van der Waals surface area (Å²) < 4.78 is 17.3. The van der Waals surface area contributed by atoms with Crippen LogP contribution >= 0.6 is 0 Å². The topological polar surface area (TPSA) is 65.0 Å². The van der Waals surface area contributed by atoms with Crippen LogP contribution in [0, 0.1) is 0 Å². The molecule has 3 aromatic rings. The molecule has 5 heteroatoms. The molecule has 1 N–H and O–H groups in total. The van der Waals surface area contributed by atoms with Crippen LogP contribution in [0.1, 0.15) is 43.4 Å². The van der Waals surface area contributed by atoms with Crippen molar-refractivity contribution in [3.8, 4) is 22.6 Å². The van der Waals surface area contributed by atoms with Gasteiger partial charge in [-0.25, -0.2) is 4.79 Å². The molecule has 4 rings (SSSR count). The van der Waals surface area contributed by atoms with E-state index in [4.69, 9.17) is 14.2 Å². The van der Waals surface area contributed by atoms with Crippen molar-refractivity contribution in [3.05, 3.63) is 89.5 Å². The van der Waals surface area contributed by atoms with Gasteiger partial charge in [0.05, 0.1) is 6.61 Å². The molecular formula is C30H32O5. The third-order valence-corrected chi connectivity index (χ3v) is 6.08. The van der Waals surface area contributed by atoms with Gasteiger partial charge in [0.2, 0.25) is 0 Å². The Bertz CT molecular complexity index is 1180. The third kappa shape index (κ3) is 5.92. The van der Waals surface area contributed by atoms with Crippen LogP contribution in [0.15, 0.2) is 72.8 Å². The predicted molar refractivity (Wildman–Crippen MR) is 138 cm³/mol. The van der Waals surface area contributed by atoms with E-state index < -0.39 is 12.1 Å². The molecule has 3 aromatic carbocycles. The van der Waals surface area contributed by atoms with Crippen LogP contribution in [-0.2, 0) is 16.0 Å². The van der Waals surface area contributed by atoms with Crippen molar-refractivity contribution in [2.45, 2.75) is 39.2 Å². The zero-order chi connectivity index (χ0) is 24.6. The third-order valence-electron chi connectivity index (χ3n) is 6.08. The van der Waals surface area contributed by atoms with Crippen molar-refractivity contribution in [1.82, 2.24) is 0 Å². The lowest BCUT2D eigenvalue weighted by atomic mass is 10.0. The largest absolute Gasteiger partial charge is 0.494 e. The maximum atomic E-state index is 11.3. The highest BCUT2D eigenvalue weighted by Gasteiger charge is 2.23. The first-order valence-electron chi connectivity index (χ1n) is 12.2. The average molecular weight is 473 g/mol. The number of carboxylic acid groups (broad SMARTS) is 1. The molecule has 5 nitrogen and oxygen atoms in total.